The Bertz CT molecular complexity index is 466. The lowest BCUT2D eigenvalue weighted by Gasteiger charge is -2.40. The van der Waals surface area contributed by atoms with Crippen molar-refractivity contribution in [3.05, 3.63) is 19.2 Å². The molecule has 0 radical (unpaired) electrons. The molecular formula is C21H37NO. The zero-order chi connectivity index (χ0) is 16.9. The summed E-state index contributed by atoms with van der Waals surface area (Å²) in [5, 5.41) is 2.11. The second kappa shape index (κ2) is 5.88. The molecule has 2 heterocycles. The molecule has 0 amide bonds. The summed E-state index contributed by atoms with van der Waals surface area (Å²) in [7, 11) is 3.99. The lowest BCUT2D eigenvalue weighted by Crippen LogP contribution is -2.90. The molecule has 0 aromatic rings. The number of hydrogen-bond donors (Lipinski definition) is 1. The molecule has 132 valence electrons. The number of fused-ring (bicyclic) bond motifs is 2. The van der Waals surface area contributed by atoms with E-state index in [4.69, 9.17) is 4.74 Å². The van der Waals surface area contributed by atoms with E-state index in [2.05, 4.69) is 59.1 Å². The van der Waals surface area contributed by atoms with Gasteiger partial charge in [0.05, 0.1) is 17.2 Å². The topological polar surface area (TPSA) is 25.8 Å². The molecule has 2 fully saturated rings. The molecule has 0 aromatic carbocycles. The van der Waals surface area contributed by atoms with Crippen LogP contribution in [0, 0.1) is 30.2 Å². The Labute approximate surface area is 143 Å². The Morgan fingerprint density at radius 2 is 1.96 bits per heavy atom. The van der Waals surface area contributed by atoms with Crippen LogP contribution in [0.1, 0.15) is 73.1 Å². The molecule has 2 N–H and O–H groups in total. The van der Waals surface area contributed by atoms with Crippen molar-refractivity contribution >= 4 is 0 Å². The van der Waals surface area contributed by atoms with Gasteiger partial charge in [0.25, 0.3) is 0 Å². The van der Waals surface area contributed by atoms with E-state index in [-0.39, 0.29) is 11.1 Å². The molecule has 1 aliphatic carbocycles. The first-order chi connectivity index (χ1) is 10.7. The van der Waals surface area contributed by atoms with Gasteiger partial charge in [0.2, 0.25) is 0 Å². The van der Waals surface area contributed by atoms with E-state index >= 15 is 0 Å². The lowest BCUT2D eigenvalue weighted by atomic mass is 9.62. The third-order valence-electron chi connectivity index (χ3n) is 7.63. The Morgan fingerprint density at radius 3 is 2.48 bits per heavy atom. The molecule has 2 aliphatic heterocycles. The molecule has 0 aromatic heterocycles. The fourth-order valence-electron chi connectivity index (χ4n) is 5.62. The van der Waals surface area contributed by atoms with Gasteiger partial charge in [-0.2, -0.15) is 7.05 Å². The summed E-state index contributed by atoms with van der Waals surface area (Å²) >= 11 is 0. The van der Waals surface area contributed by atoms with E-state index in [1.54, 1.807) is 0 Å². The summed E-state index contributed by atoms with van der Waals surface area (Å²) in [4.78, 5) is 0. The van der Waals surface area contributed by atoms with Gasteiger partial charge in [-0.15, -0.1) is 0 Å². The number of quaternary nitrogens is 1. The van der Waals surface area contributed by atoms with Crippen molar-refractivity contribution in [3.63, 3.8) is 0 Å². The molecule has 2 saturated heterocycles. The van der Waals surface area contributed by atoms with Crippen LogP contribution >= 0.6 is 0 Å². The molecule has 2 bridgehead atoms. The van der Waals surface area contributed by atoms with Gasteiger partial charge in [0.1, 0.15) is 0 Å². The third-order valence-corrected chi connectivity index (χ3v) is 7.63. The quantitative estimate of drug-likeness (QED) is 0.600. The minimum Gasteiger partial charge on any atom is -0.471 e. The maximum Gasteiger partial charge on any atom is 0.0880 e. The molecule has 23 heavy (non-hydrogen) atoms. The number of rotatable bonds is 5. The van der Waals surface area contributed by atoms with Crippen molar-refractivity contribution in [2.24, 2.45) is 23.2 Å². The molecule has 0 spiro atoms. The minimum absolute atomic E-state index is 0.150. The maximum absolute atomic E-state index is 6.38. The van der Waals surface area contributed by atoms with Crippen LogP contribution in [-0.4, -0.2) is 17.2 Å². The summed E-state index contributed by atoms with van der Waals surface area (Å²) in [6, 6.07) is 0. The molecule has 6 atom stereocenters. The van der Waals surface area contributed by atoms with Gasteiger partial charge in [-0.25, -0.2) is 0 Å². The SMILES string of the molecule is [CH2-][NH2+]C1(C)C=CC(C(C)CCC2C3(C)CCC(O3)C2(C)C)CC1. The van der Waals surface area contributed by atoms with E-state index in [9.17, 15) is 0 Å². The molecule has 6 unspecified atom stereocenters. The molecule has 3 aliphatic rings. The van der Waals surface area contributed by atoms with Crippen molar-refractivity contribution in [3.8, 4) is 0 Å². The van der Waals surface area contributed by atoms with E-state index in [1.165, 1.54) is 38.5 Å². The summed E-state index contributed by atoms with van der Waals surface area (Å²) < 4.78 is 6.38. The van der Waals surface area contributed by atoms with Crippen LogP contribution in [0.2, 0.25) is 0 Å². The lowest BCUT2D eigenvalue weighted by molar-refractivity contribution is -0.661. The van der Waals surface area contributed by atoms with Crippen molar-refractivity contribution in [2.45, 2.75) is 90.4 Å². The van der Waals surface area contributed by atoms with Crippen LogP contribution in [0.25, 0.3) is 0 Å². The van der Waals surface area contributed by atoms with Gasteiger partial charge in [0.15, 0.2) is 0 Å². The zero-order valence-corrected chi connectivity index (χ0v) is 15.9. The number of allylic oxidation sites excluding steroid dienone is 1. The monoisotopic (exact) mass is 319 g/mol. The largest absolute Gasteiger partial charge is 0.471 e. The van der Waals surface area contributed by atoms with Crippen LogP contribution in [0.15, 0.2) is 12.2 Å². The van der Waals surface area contributed by atoms with Crippen LogP contribution in [0.5, 0.6) is 0 Å². The highest BCUT2D eigenvalue weighted by Gasteiger charge is 2.60. The molecule has 2 nitrogen and oxygen atoms in total. The maximum atomic E-state index is 6.38. The van der Waals surface area contributed by atoms with Crippen LogP contribution in [0.3, 0.4) is 0 Å². The number of hydrogen-bond acceptors (Lipinski definition) is 1. The van der Waals surface area contributed by atoms with Gasteiger partial charge in [-0.05, 0) is 75.2 Å². The average Bonchev–Trinajstić information content (AvgIpc) is 2.98. The highest BCUT2D eigenvalue weighted by atomic mass is 16.5. The second-order valence-corrected chi connectivity index (χ2v) is 9.66. The van der Waals surface area contributed by atoms with Crippen molar-refractivity contribution in [1.29, 1.82) is 0 Å². The van der Waals surface area contributed by atoms with E-state index in [1.807, 2.05) is 0 Å². The highest BCUT2D eigenvalue weighted by molar-refractivity contribution is 5.09. The van der Waals surface area contributed by atoms with E-state index in [0.29, 0.717) is 11.5 Å². The van der Waals surface area contributed by atoms with Gasteiger partial charge >= 0.3 is 0 Å². The smallest absolute Gasteiger partial charge is 0.0880 e. The second-order valence-electron chi connectivity index (χ2n) is 9.66. The van der Waals surface area contributed by atoms with Crippen LogP contribution < -0.4 is 5.32 Å². The van der Waals surface area contributed by atoms with Crippen molar-refractivity contribution in [1.82, 2.24) is 0 Å². The van der Waals surface area contributed by atoms with E-state index in [0.717, 1.165) is 17.8 Å². The van der Waals surface area contributed by atoms with Crippen molar-refractivity contribution in [2.75, 3.05) is 0 Å². The van der Waals surface area contributed by atoms with Gasteiger partial charge in [-0.1, -0.05) is 26.8 Å². The fraction of sp³-hybridized carbons (Fsp3) is 0.857. The average molecular weight is 320 g/mol. The first kappa shape index (κ1) is 17.5. The zero-order valence-electron chi connectivity index (χ0n) is 15.9. The van der Waals surface area contributed by atoms with Gasteiger partial charge in [-0.3, -0.25) is 0 Å². The van der Waals surface area contributed by atoms with Crippen molar-refractivity contribution < 1.29 is 10.1 Å². The Morgan fingerprint density at radius 1 is 1.22 bits per heavy atom. The first-order valence-corrected chi connectivity index (χ1v) is 9.71. The summed E-state index contributed by atoms with van der Waals surface area (Å²) in [6.45, 7) is 12.0. The number of nitrogens with two attached hydrogens (primary N) is 1. The summed E-state index contributed by atoms with van der Waals surface area (Å²) in [6.07, 6.45) is 13.1. The molecule has 2 heteroatoms. The first-order valence-electron chi connectivity index (χ1n) is 9.71. The number of ether oxygens (including phenoxy) is 1. The highest BCUT2D eigenvalue weighted by Crippen LogP contribution is 2.59. The normalized spacial score (nSPS) is 46.3. The Kier molecular flexibility index (Phi) is 4.47. The summed E-state index contributed by atoms with van der Waals surface area (Å²) in [5.41, 5.74) is 0.734. The van der Waals surface area contributed by atoms with E-state index < -0.39 is 0 Å². The third kappa shape index (κ3) is 3.02. The molecular weight excluding hydrogens is 282 g/mol. The Hall–Kier alpha value is -0.340. The predicted octanol–water partition coefficient (Wildman–Crippen LogP) is 4.08. The van der Waals surface area contributed by atoms with Crippen LogP contribution in [0.4, 0.5) is 0 Å². The van der Waals surface area contributed by atoms with Crippen LogP contribution in [-0.2, 0) is 4.74 Å². The predicted molar refractivity (Wildman–Crippen MR) is 95.7 cm³/mol. The standard InChI is InChI=1S/C21H37NO/c1-15(16-9-12-20(4,22-6)13-10-16)7-8-17-19(2,3)18-11-14-21(17,5)23-18/h9,12,15-18H,6-8,10-11,13-14,22H2,1-5H3. The van der Waals surface area contributed by atoms with Gasteiger partial charge in [0, 0.05) is 6.42 Å². The Balaban J connectivity index is 1.58. The molecule has 3 rings (SSSR count). The van der Waals surface area contributed by atoms with Gasteiger partial charge < -0.3 is 10.1 Å². The summed E-state index contributed by atoms with van der Waals surface area (Å²) in [5.74, 6) is 2.25. The minimum atomic E-state index is 0.150. The fourth-order valence-corrected chi connectivity index (χ4v) is 5.62. The molecule has 0 saturated carbocycles.